The number of pyridine rings is 1. The monoisotopic (exact) mass is 432 g/mol. The van der Waals surface area contributed by atoms with E-state index in [0.717, 1.165) is 24.2 Å². The first kappa shape index (κ1) is 23.2. The van der Waals surface area contributed by atoms with Crippen LogP contribution in [0.5, 0.6) is 0 Å². The Kier molecular flexibility index (Phi) is 6.67. The first-order valence-corrected chi connectivity index (χ1v) is 11.1. The molecule has 2 saturated heterocycles. The van der Waals surface area contributed by atoms with Crippen LogP contribution >= 0.6 is 0 Å². The topological polar surface area (TPSA) is 75.2 Å². The van der Waals surface area contributed by atoms with Crippen LogP contribution < -0.4 is 4.90 Å². The largest absolute Gasteiger partial charge is 0.444 e. The predicted octanol–water partition coefficient (Wildman–Crippen LogP) is 4.21. The van der Waals surface area contributed by atoms with Gasteiger partial charge in [-0.25, -0.2) is 14.6 Å². The van der Waals surface area contributed by atoms with Crippen molar-refractivity contribution >= 4 is 18.0 Å². The molecule has 2 fully saturated rings. The third-order valence-corrected chi connectivity index (χ3v) is 5.29. The molecule has 1 atom stereocenters. The van der Waals surface area contributed by atoms with E-state index < -0.39 is 11.2 Å². The quantitative estimate of drug-likeness (QED) is 0.697. The number of hydrogen-bond acceptors (Lipinski definition) is 6. The van der Waals surface area contributed by atoms with Crippen LogP contribution in [-0.4, -0.2) is 70.9 Å². The summed E-state index contributed by atoms with van der Waals surface area (Å²) in [7, 11) is 0. The molecule has 172 valence electrons. The summed E-state index contributed by atoms with van der Waals surface area (Å²) in [5.41, 5.74) is 0.00670. The van der Waals surface area contributed by atoms with Gasteiger partial charge in [-0.05, 0) is 60.5 Å². The van der Waals surface area contributed by atoms with Crippen LogP contribution in [-0.2, 0) is 9.47 Å². The third kappa shape index (κ3) is 6.02. The van der Waals surface area contributed by atoms with Crippen LogP contribution in [0.1, 0.15) is 66.0 Å². The van der Waals surface area contributed by atoms with E-state index in [1.54, 1.807) is 11.1 Å². The Morgan fingerprint density at radius 2 is 1.55 bits per heavy atom. The molecule has 2 aliphatic heterocycles. The zero-order valence-corrected chi connectivity index (χ0v) is 19.7. The summed E-state index contributed by atoms with van der Waals surface area (Å²) < 4.78 is 11.1. The van der Waals surface area contributed by atoms with Gasteiger partial charge in [-0.2, -0.15) is 0 Å². The number of likely N-dealkylation sites (tertiary alicyclic amines) is 1. The lowest BCUT2D eigenvalue weighted by Crippen LogP contribution is -2.50. The van der Waals surface area contributed by atoms with Crippen molar-refractivity contribution in [1.29, 1.82) is 0 Å². The summed E-state index contributed by atoms with van der Waals surface area (Å²) in [5, 5.41) is 0. The van der Waals surface area contributed by atoms with Crippen molar-refractivity contribution in [1.82, 2.24) is 14.8 Å². The molecule has 1 aromatic heterocycles. The van der Waals surface area contributed by atoms with Crippen LogP contribution in [0.3, 0.4) is 0 Å². The summed E-state index contributed by atoms with van der Waals surface area (Å²) in [6.45, 7) is 14.4. The SMILES string of the molecule is CC(C)(C)OC(=O)N1CCN(c2ncccc2[C@@H]2CCCN2C(=O)OC(C)(C)C)CC1. The molecule has 0 unspecified atom stereocenters. The highest BCUT2D eigenvalue weighted by molar-refractivity contribution is 5.70. The molecule has 0 N–H and O–H groups in total. The molecule has 8 nitrogen and oxygen atoms in total. The minimum absolute atomic E-state index is 0.0533. The van der Waals surface area contributed by atoms with Crippen molar-refractivity contribution in [3.05, 3.63) is 23.9 Å². The minimum atomic E-state index is -0.528. The lowest BCUT2D eigenvalue weighted by atomic mass is 10.0. The highest BCUT2D eigenvalue weighted by atomic mass is 16.6. The molecule has 2 amide bonds. The number of carbonyl (C=O) groups excluding carboxylic acids is 2. The van der Waals surface area contributed by atoms with Crippen LogP contribution in [0.2, 0.25) is 0 Å². The molecular formula is C23H36N4O4. The fourth-order valence-corrected chi connectivity index (χ4v) is 3.99. The van der Waals surface area contributed by atoms with Gasteiger partial charge in [0, 0.05) is 44.5 Å². The van der Waals surface area contributed by atoms with Crippen molar-refractivity contribution in [2.24, 2.45) is 0 Å². The van der Waals surface area contributed by atoms with E-state index in [1.165, 1.54) is 0 Å². The number of amides is 2. The molecule has 1 aromatic rings. The smallest absolute Gasteiger partial charge is 0.410 e. The zero-order chi connectivity index (χ0) is 22.8. The Labute approximate surface area is 185 Å². The van der Waals surface area contributed by atoms with Crippen molar-refractivity contribution in [3.8, 4) is 0 Å². The molecule has 0 aliphatic carbocycles. The van der Waals surface area contributed by atoms with Crippen LogP contribution in [0.15, 0.2) is 18.3 Å². The Morgan fingerprint density at radius 1 is 0.935 bits per heavy atom. The van der Waals surface area contributed by atoms with Gasteiger partial charge in [-0.3, -0.25) is 0 Å². The van der Waals surface area contributed by atoms with Crippen LogP contribution in [0, 0.1) is 0 Å². The van der Waals surface area contributed by atoms with Crippen LogP contribution in [0.25, 0.3) is 0 Å². The molecule has 3 heterocycles. The van der Waals surface area contributed by atoms with Gasteiger partial charge >= 0.3 is 12.2 Å². The maximum Gasteiger partial charge on any atom is 0.410 e. The molecule has 0 saturated carbocycles. The van der Waals surface area contributed by atoms with Gasteiger partial charge in [-0.15, -0.1) is 0 Å². The Morgan fingerprint density at radius 3 is 2.16 bits per heavy atom. The lowest BCUT2D eigenvalue weighted by molar-refractivity contribution is 0.0215. The molecule has 0 spiro atoms. The van der Waals surface area contributed by atoms with Gasteiger partial charge in [0.1, 0.15) is 17.0 Å². The van der Waals surface area contributed by atoms with Gasteiger partial charge in [-0.1, -0.05) is 6.07 Å². The number of aromatic nitrogens is 1. The summed E-state index contributed by atoms with van der Waals surface area (Å²) >= 11 is 0. The first-order valence-electron chi connectivity index (χ1n) is 11.1. The molecule has 0 bridgehead atoms. The molecule has 3 rings (SSSR count). The van der Waals surface area contributed by atoms with Crippen LogP contribution in [0.4, 0.5) is 15.4 Å². The average Bonchev–Trinajstić information content (AvgIpc) is 3.15. The fraction of sp³-hybridized carbons (Fsp3) is 0.696. The van der Waals surface area contributed by atoms with Crippen molar-refractivity contribution in [2.45, 2.75) is 71.6 Å². The standard InChI is InChI=1S/C23H36N4O4/c1-22(2,3)30-20(28)26-15-13-25(14-16-26)19-17(9-7-11-24-19)18-10-8-12-27(18)21(29)31-23(4,5)6/h7,9,11,18H,8,10,12-16H2,1-6H3/t18-/m0/s1. The summed E-state index contributed by atoms with van der Waals surface area (Å²) in [6.07, 6.45) is 3.05. The molecular weight excluding hydrogens is 396 g/mol. The second kappa shape index (κ2) is 8.93. The lowest BCUT2D eigenvalue weighted by Gasteiger charge is -2.38. The fourth-order valence-electron chi connectivity index (χ4n) is 3.99. The highest BCUT2D eigenvalue weighted by Gasteiger charge is 2.36. The van der Waals surface area contributed by atoms with Gasteiger partial charge < -0.3 is 24.2 Å². The zero-order valence-electron chi connectivity index (χ0n) is 19.7. The van der Waals surface area contributed by atoms with E-state index in [1.807, 2.05) is 52.5 Å². The third-order valence-electron chi connectivity index (χ3n) is 5.29. The van der Waals surface area contributed by atoms with E-state index in [-0.39, 0.29) is 18.2 Å². The van der Waals surface area contributed by atoms with Gasteiger partial charge in [0.15, 0.2) is 0 Å². The normalized spacial score (nSPS) is 20.1. The average molecular weight is 433 g/mol. The number of piperazine rings is 1. The second-order valence-electron chi connectivity index (χ2n) is 10.2. The molecule has 31 heavy (non-hydrogen) atoms. The highest BCUT2D eigenvalue weighted by Crippen LogP contribution is 2.37. The van der Waals surface area contributed by atoms with Crippen molar-refractivity contribution < 1.29 is 19.1 Å². The Hall–Kier alpha value is -2.51. The van der Waals surface area contributed by atoms with E-state index in [0.29, 0.717) is 32.7 Å². The molecule has 0 radical (unpaired) electrons. The van der Waals surface area contributed by atoms with E-state index >= 15 is 0 Å². The summed E-state index contributed by atoms with van der Waals surface area (Å²) in [6, 6.07) is 3.92. The van der Waals surface area contributed by atoms with Crippen molar-refractivity contribution in [3.63, 3.8) is 0 Å². The minimum Gasteiger partial charge on any atom is -0.444 e. The maximum atomic E-state index is 12.8. The van der Waals surface area contributed by atoms with Gasteiger partial charge in [0.05, 0.1) is 6.04 Å². The Bertz CT molecular complexity index is 792. The molecule has 0 aromatic carbocycles. The maximum absolute atomic E-state index is 12.8. The van der Waals surface area contributed by atoms with E-state index in [9.17, 15) is 9.59 Å². The first-order chi connectivity index (χ1) is 14.4. The Balaban J connectivity index is 1.71. The number of rotatable bonds is 2. The van der Waals surface area contributed by atoms with E-state index in [4.69, 9.17) is 9.47 Å². The van der Waals surface area contributed by atoms with Crippen molar-refractivity contribution in [2.75, 3.05) is 37.6 Å². The number of anilines is 1. The predicted molar refractivity (Wildman–Crippen MR) is 119 cm³/mol. The summed E-state index contributed by atoms with van der Waals surface area (Å²) in [4.78, 5) is 35.6. The summed E-state index contributed by atoms with van der Waals surface area (Å²) in [5.74, 6) is 0.881. The number of ether oxygens (including phenoxy) is 2. The van der Waals surface area contributed by atoms with E-state index in [2.05, 4.69) is 16.0 Å². The second-order valence-corrected chi connectivity index (χ2v) is 10.2. The number of nitrogens with zero attached hydrogens (tertiary/aromatic N) is 4. The number of carbonyl (C=O) groups is 2. The van der Waals surface area contributed by atoms with Gasteiger partial charge in [0.25, 0.3) is 0 Å². The number of hydrogen-bond donors (Lipinski definition) is 0. The molecule has 2 aliphatic rings. The molecule has 8 heteroatoms. The van der Waals surface area contributed by atoms with Gasteiger partial charge in [0.2, 0.25) is 0 Å².